The Morgan fingerprint density at radius 1 is 1.42 bits per heavy atom. The van der Waals surface area contributed by atoms with Crippen molar-refractivity contribution in [3.63, 3.8) is 0 Å². The molecule has 1 aromatic rings. The Kier molecular flexibility index (Phi) is 6.54. The minimum Gasteiger partial charge on any atom is -0.462 e. The zero-order valence-corrected chi connectivity index (χ0v) is 14.9. The largest absolute Gasteiger partial charge is 0.462 e. The molecule has 1 aromatic carbocycles. The van der Waals surface area contributed by atoms with Gasteiger partial charge in [0.05, 0.1) is 12.2 Å². The summed E-state index contributed by atoms with van der Waals surface area (Å²) in [7, 11) is 0. The van der Waals surface area contributed by atoms with E-state index >= 15 is 0 Å². The molecule has 6 nitrogen and oxygen atoms in total. The summed E-state index contributed by atoms with van der Waals surface area (Å²) >= 11 is 5.27. The van der Waals surface area contributed by atoms with Gasteiger partial charge in [0.25, 0.3) is 0 Å². The summed E-state index contributed by atoms with van der Waals surface area (Å²) in [5.41, 5.74) is 2.25. The number of nitrogens with one attached hydrogen (secondary N) is 2. The lowest BCUT2D eigenvalue weighted by Gasteiger charge is -2.17. The van der Waals surface area contributed by atoms with Crippen LogP contribution in [-0.2, 0) is 9.53 Å². The Morgan fingerprint density at radius 3 is 2.83 bits per heavy atom. The van der Waals surface area contributed by atoms with Gasteiger partial charge in [-0.3, -0.25) is 4.79 Å². The summed E-state index contributed by atoms with van der Waals surface area (Å²) in [6, 6.07) is 5.28. The van der Waals surface area contributed by atoms with Crippen LogP contribution in [0.2, 0.25) is 0 Å². The molecule has 2 N–H and O–H groups in total. The van der Waals surface area contributed by atoms with E-state index in [-0.39, 0.29) is 11.9 Å². The van der Waals surface area contributed by atoms with Gasteiger partial charge in [0.2, 0.25) is 5.91 Å². The number of rotatable bonds is 6. The first-order valence-electron chi connectivity index (χ1n) is 8.11. The number of amides is 1. The van der Waals surface area contributed by atoms with Crippen LogP contribution in [-0.4, -0.2) is 48.1 Å². The molecule has 1 heterocycles. The van der Waals surface area contributed by atoms with Gasteiger partial charge in [-0.1, -0.05) is 0 Å². The summed E-state index contributed by atoms with van der Waals surface area (Å²) in [5.74, 6) is -0.121. The molecule has 0 unspecified atom stereocenters. The van der Waals surface area contributed by atoms with Gasteiger partial charge in [-0.25, -0.2) is 4.79 Å². The van der Waals surface area contributed by atoms with Crippen LogP contribution < -0.4 is 10.6 Å². The number of carbonyl (C=O) groups is 2. The molecule has 1 amide bonds. The Bertz CT molecular complexity index is 634. The highest BCUT2D eigenvalue weighted by molar-refractivity contribution is 7.80. The molecule has 1 saturated heterocycles. The van der Waals surface area contributed by atoms with E-state index in [2.05, 4.69) is 10.6 Å². The van der Waals surface area contributed by atoms with Gasteiger partial charge in [-0.2, -0.15) is 0 Å². The molecule has 0 spiro atoms. The second-order valence-corrected chi connectivity index (χ2v) is 6.02. The lowest BCUT2D eigenvalue weighted by atomic mass is 10.1. The Hall–Kier alpha value is -2.15. The maximum atomic E-state index is 11.7. The quantitative estimate of drug-likeness (QED) is 0.605. The summed E-state index contributed by atoms with van der Waals surface area (Å²) in [6.07, 6.45) is 1.59. The maximum Gasteiger partial charge on any atom is 0.338 e. The van der Waals surface area contributed by atoms with Gasteiger partial charge in [0, 0.05) is 31.7 Å². The van der Waals surface area contributed by atoms with Gasteiger partial charge in [0.15, 0.2) is 5.11 Å². The van der Waals surface area contributed by atoms with E-state index in [1.54, 1.807) is 25.1 Å². The lowest BCUT2D eigenvalue weighted by molar-refractivity contribution is -0.127. The molecular formula is C17H23N3O3S. The highest BCUT2D eigenvalue weighted by Crippen LogP contribution is 2.17. The average molecular weight is 349 g/mol. The van der Waals surface area contributed by atoms with E-state index in [1.165, 1.54) is 0 Å². The molecule has 130 valence electrons. The topological polar surface area (TPSA) is 70.7 Å². The number of hydrogen-bond donors (Lipinski definition) is 2. The predicted molar refractivity (Wildman–Crippen MR) is 97.2 cm³/mol. The van der Waals surface area contributed by atoms with Crippen LogP contribution in [0.3, 0.4) is 0 Å². The fourth-order valence-electron chi connectivity index (χ4n) is 2.56. The van der Waals surface area contributed by atoms with Crippen LogP contribution >= 0.6 is 12.2 Å². The van der Waals surface area contributed by atoms with E-state index in [4.69, 9.17) is 17.0 Å². The Balaban J connectivity index is 1.82. The Morgan fingerprint density at radius 2 is 2.21 bits per heavy atom. The first-order valence-corrected chi connectivity index (χ1v) is 8.52. The maximum absolute atomic E-state index is 11.7. The lowest BCUT2D eigenvalue weighted by Crippen LogP contribution is -2.37. The molecule has 0 aliphatic carbocycles. The van der Waals surface area contributed by atoms with Crippen molar-refractivity contribution < 1.29 is 14.3 Å². The number of benzene rings is 1. The molecule has 0 radical (unpaired) electrons. The minimum atomic E-state index is -0.330. The number of carbonyl (C=O) groups excluding carboxylic acids is 2. The number of thiocarbonyl (C=S) groups is 1. The molecular weight excluding hydrogens is 326 g/mol. The Labute approximate surface area is 147 Å². The zero-order valence-electron chi connectivity index (χ0n) is 14.1. The molecule has 2 rings (SSSR count). The fourth-order valence-corrected chi connectivity index (χ4v) is 2.77. The number of hydrogen-bond acceptors (Lipinski definition) is 4. The number of nitrogens with zero attached hydrogens (tertiary/aromatic N) is 1. The molecule has 24 heavy (non-hydrogen) atoms. The van der Waals surface area contributed by atoms with Crippen molar-refractivity contribution in [1.29, 1.82) is 0 Å². The molecule has 1 aliphatic rings. The van der Waals surface area contributed by atoms with Crippen LogP contribution in [0, 0.1) is 6.92 Å². The van der Waals surface area contributed by atoms with E-state index < -0.39 is 0 Å². The summed E-state index contributed by atoms with van der Waals surface area (Å²) in [5, 5.41) is 6.70. The van der Waals surface area contributed by atoms with Gasteiger partial charge in [-0.05, 0) is 56.2 Å². The molecule has 0 atom stereocenters. The number of esters is 1. The number of likely N-dealkylation sites (tertiary alicyclic amines) is 1. The third-order valence-electron chi connectivity index (χ3n) is 3.82. The summed E-state index contributed by atoms with van der Waals surface area (Å²) < 4.78 is 4.98. The van der Waals surface area contributed by atoms with Crippen LogP contribution in [0.1, 0.15) is 35.7 Å². The minimum absolute atomic E-state index is 0.209. The van der Waals surface area contributed by atoms with Crippen LogP contribution in [0.4, 0.5) is 5.69 Å². The van der Waals surface area contributed by atoms with Crippen LogP contribution in [0.5, 0.6) is 0 Å². The monoisotopic (exact) mass is 349 g/mol. The molecule has 0 aromatic heterocycles. The second-order valence-electron chi connectivity index (χ2n) is 5.62. The smallest absolute Gasteiger partial charge is 0.338 e. The van der Waals surface area contributed by atoms with E-state index in [0.717, 1.165) is 24.2 Å². The first kappa shape index (κ1) is 18.2. The average Bonchev–Trinajstić information content (AvgIpc) is 2.95. The number of anilines is 1. The van der Waals surface area contributed by atoms with Crippen molar-refractivity contribution in [3.05, 3.63) is 29.3 Å². The van der Waals surface area contributed by atoms with Crippen molar-refractivity contribution in [2.45, 2.75) is 26.7 Å². The van der Waals surface area contributed by atoms with Gasteiger partial charge < -0.3 is 20.3 Å². The van der Waals surface area contributed by atoms with Crippen molar-refractivity contribution >= 4 is 34.9 Å². The standard InChI is InChI=1S/C17H23N3O3S/c1-3-23-16(22)13-6-7-14(12(2)11-13)19-17(24)18-8-10-20-9-4-5-15(20)21/h6-7,11H,3-5,8-10H2,1-2H3,(H2,18,19,24). The second kappa shape index (κ2) is 8.63. The molecule has 0 bridgehead atoms. The van der Waals surface area contributed by atoms with Gasteiger partial charge in [-0.15, -0.1) is 0 Å². The van der Waals surface area contributed by atoms with Crippen molar-refractivity contribution in [1.82, 2.24) is 10.2 Å². The third kappa shape index (κ3) is 4.92. The number of ether oxygens (including phenoxy) is 1. The fraction of sp³-hybridized carbons (Fsp3) is 0.471. The first-order chi connectivity index (χ1) is 11.5. The van der Waals surface area contributed by atoms with E-state index in [0.29, 0.717) is 36.8 Å². The molecule has 0 saturated carbocycles. The van der Waals surface area contributed by atoms with E-state index in [1.807, 2.05) is 11.8 Å². The molecule has 7 heteroatoms. The molecule has 1 aliphatic heterocycles. The third-order valence-corrected chi connectivity index (χ3v) is 4.07. The van der Waals surface area contributed by atoms with Gasteiger partial charge in [0.1, 0.15) is 0 Å². The van der Waals surface area contributed by atoms with Gasteiger partial charge >= 0.3 is 5.97 Å². The van der Waals surface area contributed by atoms with Crippen LogP contribution in [0.25, 0.3) is 0 Å². The highest BCUT2D eigenvalue weighted by atomic mass is 32.1. The summed E-state index contributed by atoms with van der Waals surface area (Å²) in [6.45, 7) is 6.12. The predicted octanol–water partition coefficient (Wildman–Crippen LogP) is 2.08. The highest BCUT2D eigenvalue weighted by Gasteiger charge is 2.19. The number of aryl methyl sites for hydroxylation is 1. The summed E-state index contributed by atoms with van der Waals surface area (Å²) in [4.78, 5) is 25.1. The van der Waals surface area contributed by atoms with E-state index in [9.17, 15) is 9.59 Å². The van der Waals surface area contributed by atoms with Crippen molar-refractivity contribution in [2.24, 2.45) is 0 Å². The van der Waals surface area contributed by atoms with Crippen LogP contribution in [0.15, 0.2) is 18.2 Å². The molecule has 1 fully saturated rings. The van der Waals surface area contributed by atoms with Crippen molar-refractivity contribution in [2.75, 3.05) is 31.6 Å². The van der Waals surface area contributed by atoms with Crippen molar-refractivity contribution in [3.8, 4) is 0 Å². The zero-order chi connectivity index (χ0) is 17.5. The normalized spacial score (nSPS) is 13.8. The SMILES string of the molecule is CCOC(=O)c1ccc(NC(=S)NCCN2CCCC2=O)c(C)c1.